The summed E-state index contributed by atoms with van der Waals surface area (Å²) in [6, 6.07) is 6.45. The summed E-state index contributed by atoms with van der Waals surface area (Å²) in [6.45, 7) is 3.80. The number of hydrogen-bond donors (Lipinski definition) is 2. The van der Waals surface area contributed by atoms with Crippen LogP contribution in [-0.2, 0) is 6.42 Å². The van der Waals surface area contributed by atoms with E-state index in [1.54, 1.807) is 0 Å². The van der Waals surface area contributed by atoms with Crippen LogP contribution in [0.25, 0.3) is 0 Å². The lowest BCUT2D eigenvalue weighted by Gasteiger charge is -2.10. The van der Waals surface area contributed by atoms with Crippen LogP contribution in [0.1, 0.15) is 19.0 Å². The Bertz CT molecular complexity index is 236. The van der Waals surface area contributed by atoms with Gasteiger partial charge in [-0.2, -0.15) is 0 Å². The minimum Gasteiger partial charge on any atom is -0.329 e. The number of hydrogen-bond acceptors (Lipinski definition) is 3. The van der Waals surface area contributed by atoms with Gasteiger partial charge in [0.25, 0.3) is 0 Å². The van der Waals surface area contributed by atoms with Gasteiger partial charge in [-0.3, -0.25) is 4.98 Å². The van der Waals surface area contributed by atoms with E-state index in [1.807, 2.05) is 18.3 Å². The highest BCUT2D eigenvalue weighted by atomic mass is 14.9. The van der Waals surface area contributed by atoms with Crippen molar-refractivity contribution in [1.82, 2.24) is 10.3 Å². The van der Waals surface area contributed by atoms with Crippen molar-refractivity contribution in [3.8, 4) is 0 Å². The average molecular weight is 193 g/mol. The van der Waals surface area contributed by atoms with E-state index in [0.29, 0.717) is 12.6 Å². The molecule has 0 spiro atoms. The predicted molar refractivity (Wildman–Crippen MR) is 59.1 cm³/mol. The Balaban J connectivity index is 2.10. The summed E-state index contributed by atoms with van der Waals surface area (Å²) < 4.78 is 0. The topological polar surface area (TPSA) is 50.9 Å². The summed E-state index contributed by atoms with van der Waals surface area (Å²) in [5.74, 6) is 0. The van der Waals surface area contributed by atoms with Crippen molar-refractivity contribution in [2.75, 3.05) is 13.1 Å². The number of nitrogens with zero attached hydrogens (tertiary/aromatic N) is 1. The summed E-state index contributed by atoms with van der Waals surface area (Å²) in [5, 5.41) is 3.35. The molecule has 3 heteroatoms. The molecule has 1 atom stereocenters. The Labute approximate surface area is 85.7 Å². The standard InChI is InChI=1S/C11H19N3/c1-10(9-12)13-8-4-6-11-5-2-3-7-14-11/h2-3,5,7,10,13H,4,6,8-9,12H2,1H3/t10-/m1/s1. The molecule has 0 aromatic carbocycles. The molecule has 0 unspecified atom stereocenters. The van der Waals surface area contributed by atoms with Gasteiger partial charge in [0.1, 0.15) is 0 Å². The second-order valence-electron chi connectivity index (χ2n) is 3.52. The third-order valence-electron chi connectivity index (χ3n) is 2.18. The van der Waals surface area contributed by atoms with Crippen molar-refractivity contribution in [3.05, 3.63) is 30.1 Å². The Morgan fingerprint density at radius 3 is 3.00 bits per heavy atom. The first-order valence-electron chi connectivity index (χ1n) is 5.16. The third kappa shape index (κ3) is 4.35. The van der Waals surface area contributed by atoms with Gasteiger partial charge in [0.05, 0.1) is 0 Å². The molecule has 1 heterocycles. The predicted octanol–water partition coefficient (Wildman–Crippen LogP) is 0.951. The Kier molecular flexibility index (Phi) is 5.19. The molecule has 78 valence electrons. The van der Waals surface area contributed by atoms with Crippen LogP contribution in [0, 0.1) is 0 Å². The fourth-order valence-corrected chi connectivity index (χ4v) is 1.25. The maximum Gasteiger partial charge on any atom is 0.0404 e. The van der Waals surface area contributed by atoms with Crippen LogP contribution in [0.3, 0.4) is 0 Å². The van der Waals surface area contributed by atoms with Crippen molar-refractivity contribution >= 4 is 0 Å². The van der Waals surface area contributed by atoms with Crippen molar-refractivity contribution in [1.29, 1.82) is 0 Å². The van der Waals surface area contributed by atoms with Gasteiger partial charge in [-0.05, 0) is 38.4 Å². The first-order valence-corrected chi connectivity index (χ1v) is 5.16. The van der Waals surface area contributed by atoms with Crippen LogP contribution in [0.15, 0.2) is 24.4 Å². The van der Waals surface area contributed by atoms with Gasteiger partial charge in [-0.25, -0.2) is 0 Å². The number of nitrogens with one attached hydrogen (secondary N) is 1. The van der Waals surface area contributed by atoms with Gasteiger partial charge >= 0.3 is 0 Å². The molecule has 0 saturated heterocycles. The fraction of sp³-hybridized carbons (Fsp3) is 0.545. The maximum absolute atomic E-state index is 5.49. The molecule has 1 aromatic heterocycles. The lowest BCUT2D eigenvalue weighted by atomic mass is 10.2. The van der Waals surface area contributed by atoms with Crippen LogP contribution in [0.2, 0.25) is 0 Å². The Morgan fingerprint density at radius 1 is 1.50 bits per heavy atom. The van der Waals surface area contributed by atoms with Gasteiger partial charge in [-0.15, -0.1) is 0 Å². The second kappa shape index (κ2) is 6.51. The van der Waals surface area contributed by atoms with E-state index in [9.17, 15) is 0 Å². The number of aromatic nitrogens is 1. The number of nitrogens with two attached hydrogens (primary N) is 1. The maximum atomic E-state index is 5.49. The molecule has 0 saturated carbocycles. The first-order chi connectivity index (χ1) is 6.83. The molecule has 14 heavy (non-hydrogen) atoms. The molecule has 0 fully saturated rings. The smallest absolute Gasteiger partial charge is 0.0404 e. The van der Waals surface area contributed by atoms with Gasteiger partial charge in [-0.1, -0.05) is 6.07 Å². The number of rotatable bonds is 6. The lowest BCUT2D eigenvalue weighted by Crippen LogP contribution is -2.33. The lowest BCUT2D eigenvalue weighted by molar-refractivity contribution is 0.542. The zero-order chi connectivity index (χ0) is 10.2. The highest BCUT2D eigenvalue weighted by molar-refractivity contribution is 5.03. The largest absolute Gasteiger partial charge is 0.329 e. The van der Waals surface area contributed by atoms with Crippen LogP contribution in [0.4, 0.5) is 0 Å². The molecule has 0 aliphatic heterocycles. The van der Waals surface area contributed by atoms with Crippen LogP contribution in [-0.4, -0.2) is 24.1 Å². The number of aryl methyl sites for hydroxylation is 1. The van der Waals surface area contributed by atoms with E-state index in [4.69, 9.17) is 5.73 Å². The molecule has 0 bridgehead atoms. The molecule has 3 N–H and O–H groups in total. The summed E-state index contributed by atoms with van der Waals surface area (Å²) in [6.07, 6.45) is 3.98. The van der Waals surface area contributed by atoms with Crippen molar-refractivity contribution in [2.45, 2.75) is 25.8 Å². The van der Waals surface area contributed by atoms with E-state index in [2.05, 4.69) is 23.3 Å². The molecule has 0 radical (unpaired) electrons. The van der Waals surface area contributed by atoms with Crippen LogP contribution < -0.4 is 11.1 Å². The quantitative estimate of drug-likeness (QED) is 0.661. The SMILES string of the molecule is C[C@H](CN)NCCCc1ccccn1. The molecule has 0 amide bonds. The zero-order valence-corrected chi connectivity index (χ0v) is 8.74. The van der Waals surface area contributed by atoms with E-state index in [-0.39, 0.29) is 0 Å². The van der Waals surface area contributed by atoms with Gasteiger partial charge in [0, 0.05) is 24.5 Å². The fourth-order valence-electron chi connectivity index (χ4n) is 1.25. The van der Waals surface area contributed by atoms with Crippen molar-refractivity contribution in [2.24, 2.45) is 5.73 Å². The molecule has 0 aliphatic rings. The van der Waals surface area contributed by atoms with E-state index in [0.717, 1.165) is 25.1 Å². The molecule has 0 aliphatic carbocycles. The van der Waals surface area contributed by atoms with Crippen molar-refractivity contribution < 1.29 is 0 Å². The summed E-state index contributed by atoms with van der Waals surface area (Å²) in [5.41, 5.74) is 6.65. The summed E-state index contributed by atoms with van der Waals surface area (Å²) in [7, 11) is 0. The highest BCUT2D eigenvalue weighted by Gasteiger charge is 1.97. The first kappa shape index (κ1) is 11.1. The molecular formula is C11H19N3. The molecule has 1 aromatic rings. The highest BCUT2D eigenvalue weighted by Crippen LogP contribution is 1.97. The van der Waals surface area contributed by atoms with Crippen molar-refractivity contribution in [3.63, 3.8) is 0 Å². The average Bonchev–Trinajstić information content (AvgIpc) is 2.25. The Hall–Kier alpha value is -0.930. The summed E-state index contributed by atoms with van der Waals surface area (Å²) >= 11 is 0. The van der Waals surface area contributed by atoms with E-state index < -0.39 is 0 Å². The van der Waals surface area contributed by atoms with E-state index in [1.165, 1.54) is 0 Å². The zero-order valence-electron chi connectivity index (χ0n) is 8.74. The van der Waals surface area contributed by atoms with Gasteiger partial charge < -0.3 is 11.1 Å². The monoisotopic (exact) mass is 193 g/mol. The second-order valence-corrected chi connectivity index (χ2v) is 3.52. The normalized spacial score (nSPS) is 12.7. The van der Waals surface area contributed by atoms with Crippen LogP contribution >= 0.6 is 0 Å². The van der Waals surface area contributed by atoms with Gasteiger partial charge in [0.15, 0.2) is 0 Å². The van der Waals surface area contributed by atoms with E-state index >= 15 is 0 Å². The Morgan fingerprint density at radius 2 is 2.36 bits per heavy atom. The molecular weight excluding hydrogens is 174 g/mol. The molecule has 1 rings (SSSR count). The minimum absolute atomic E-state index is 0.415. The third-order valence-corrected chi connectivity index (χ3v) is 2.18. The van der Waals surface area contributed by atoms with Gasteiger partial charge in [0.2, 0.25) is 0 Å². The molecule has 3 nitrogen and oxygen atoms in total. The van der Waals surface area contributed by atoms with Crippen LogP contribution in [0.5, 0.6) is 0 Å². The minimum atomic E-state index is 0.415. The number of pyridine rings is 1. The summed E-state index contributed by atoms with van der Waals surface area (Å²) in [4.78, 5) is 4.26.